The molecule has 0 aromatic rings. The monoisotopic (exact) mass is 941 g/mol. The second-order valence-corrected chi connectivity index (χ2v) is 36.5. The van der Waals surface area contributed by atoms with E-state index in [9.17, 15) is 19.2 Å². The molecule has 4 N–H and O–H groups in total. The molecule has 0 bridgehead atoms. The topological polar surface area (TPSA) is 135 Å². The van der Waals surface area contributed by atoms with Crippen molar-refractivity contribution in [2.75, 3.05) is 26.2 Å². The summed E-state index contributed by atoms with van der Waals surface area (Å²) in [4.78, 5) is 53.4. The van der Waals surface area contributed by atoms with E-state index in [0.717, 1.165) is 51.1 Å². The first-order valence-electron chi connectivity index (χ1n) is 25.4. The number of Topliss-reactive ketones (excluding diaryl/α,β-unsaturated/α-hetero) is 2. The van der Waals surface area contributed by atoms with Crippen molar-refractivity contribution in [2.45, 2.75) is 254 Å². The third-order valence-electron chi connectivity index (χ3n) is 16.7. The average Bonchev–Trinajstić information content (AvgIpc) is 3.22. The quantitative estimate of drug-likeness (QED) is 0.0280. The molecule has 0 heterocycles. The van der Waals surface area contributed by atoms with Crippen LogP contribution in [0.2, 0.25) is 51.4 Å². The molecule has 0 saturated heterocycles. The Morgan fingerprint density at radius 1 is 0.540 bits per heavy atom. The Hall–Kier alpha value is -1.23. The minimum absolute atomic E-state index is 0.202. The van der Waals surface area contributed by atoms with Crippen molar-refractivity contribution in [2.24, 2.45) is 16.7 Å². The zero-order chi connectivity index (χ0) is 49.4. The third kappa shape index (κ3) is 16.8. The molecule has 2 amide bonds. The van der Waals surface area contributed by atoms with E-state index in [1.54, 1.807) is 0 Å². The minimum Gasteiger partial charge on any atom is -0.412 e. The maximum Gasteiger partial charge on any atom is 0.288 e. The summed E-state index contributed by atoms with van der Waals surface area (Å²) in [7, 11) is -6.33. The van der Waals surface area contributed by atoms with Gasteiger partial charge in [-0.2, -0.15) is 0 Å². The van der Waals surface area contributed by atoms with Crippen molar-refractivity contribution in [1.29, 1.82) is 0 Å². The van der Waals surface area contributed by atoms with E-state index in [0.29, 0.717) is 58.2 Å². The van der Waals surface area contributed by atoms with Gasteiger partial charge in [0.2, 0.25) is 19.9 Å². The highest BCUT2D eigenvalue weighted by atomic mass is 28.4. The standard InChI is InChI=1S/C50H104N4O6Si3/c1-22-47(14,23-2)41(55)43(57)51-34-30-33-40(9)39-54-50(28-7,29-8)49(26-5,27-6)42(56)44(58)52-35-31-38-62(18,19)59-46(12,13)63(20,21)60-45(10,11)61(16,17)37-32-36-53-48(15,24-3)25-4/h40,53-54H,22-39H2,1-21H3,(H,51,57)(H,52,58). The van der Waals surface area contributed by atoms with Gasteiger partial charge < -0.3 is 30.1 Å². The van der Waals surface area contributed by atoms with Crippen molar-refractivity contribution in [3.8, 4) is 0 Å². The molecule has 0 aliphatic rings. The van der Waals surface area contributed by atoms with Crippen LogP contribution in [-0.2, 0) is 28.0 Å². The Bertz CT molecular complexity index is 1420. The maximum atomic E-state index is 14.3. The number of carbonyl (C=O) groups excluding carboxylic acids is 4. The largest absolute Gasteiger partial charge is 0.412 e. The summed E-state index contributed by atoms with van der Waals surface area (Å²) in [6, 6.07) is 2.06. The van der Waals surface area contributed by atoms with Crippen molar-refractivity contribution >= 4 is 48.1 Å². The lowest BCUT2D eigenvalue weighted by atomic mass is 9.60. The molecule has 13 heteroatoms. The molecule has 0 aromatic carbocycles. The van der Waals surface area contributed by atoms with Crippen LogP contribution in [0.1, 0.15) is 181 Å². The fourth-order valence-electron chi connectivity index (χ4n) is 9.36. The Morgan fingerprint density at radius 2 is 1.02 bits per heavy atom. The van der Waals surface area contributed by atoms with Gasteiger partial charge in [-0.1, -0.05) is 88.4 Å². The zero-order valence-corrected chi connectivity index (χ0v) is 48.3. The third-order valence-corrected chi connectivity index (χ3v) is 28.7. The Morgan fingerprint density at radius 3 is 1.48 bits per heavy atom. The van der Waals surface area contributed by atoms with Gasteiger partial charge in [0.05, 0.1) is 18.7 Å². The van der Waals surface area contributed by atoms with E-state index < -0.39 is 58.1 Å². The molecule has 0 aliphatic carbocycles. The predicted octanol–water partition coefficient (Wildman–Crippen LogP) is 11.3. The zero-order valence-electron chi connectivity index (χ0n) is 45.3. The van der Waals surface area contributed by atoms with E-state index in [4.69, 9.17) is 8.85 Å². The molecule has 0 aliphatic heterocycles. The summed E-state index contributed by atoms with van der Waals surface area (Å²) < 4.78 is 14.4. The van der Waals surface area contributed by atoms with E-state index in [2.05, 4.69) is 130 Å². The minimum atomic E-state index is -2.36. The highest BCUT2D eigenvalue weighted by Crippen LogP contribution is 2.44. The highest BCUT2D eigenvalue weighted by Gasteiger charge is 2.54. The van der Waals surface area contributed by atoms with Crippen molar-refractivity contribution < 1.29 is 28.0 Å². The molecule has 63 heavy (non-hydrogen) atoms. The summed E-state index contributed by atoms with van der Waals surface area (Å²) in [5.41, 5.74) is -1.82. The van der Waals surface area contributed by atoms with E-state index in [1.165, 1.54) is 6.04 Å². The first-order valence-corrected chi connectivity index (χ1v) is 34.6. The van der Waals surface area contributed by atoms with Gasteiger partial charge in [-0.15, -0.1) is 0 Å². The van der Waals surface area contributed by atoms with Crippen molar-refractivity contribution in [3.05, 3.63) is 0 Å². The second-order valence-electron chi connectivity index (χ2n) is 22.4. The van der Waals surface area contributed by atoms with Crippen molar-refractivity contribution in [1.82, 2.24) is 21.3 Å². The van der Waals surface area contributed by atoms with E-state index in [1.807, 2.05) is 34.6 Å². The number of nitrogens with one attached hydrogen (secondary N) is 4. The lowest BCUT2D eigenvalue weighted by molar-refractivity contribution is -0.148. The fourth-order valence-corrected chi connectivity index (χ4v) is 18.7. The van der Waals surface area contributed by atoms with Gasteiger partial charge in [0.1, 0.15) is 0 Å². The van der Waals surface area contributed by atoms with Gasteiger partial charge in [0, 0.05) is 34.8 Å². The van der Waals surface area contributed by atoms with Crippen LogP contribution in [0.25, 0.3) is 0 Å². The lowest BCUT2D eigenvalue weighted by Gasteiger charge is -2.51. The molecule has 372 valence electrons. The Kier molecular flexibility index (Phi) is 25.3. The number of carbonyl (C=O) groups is 4. The molecule has 0 fully saturated rings. The molecular weight excluding hydrogens is 837 g/mol. The lowest BCUT2D eigenvalue weighted by Crippen LogP contribution is -2.65. The van der Waals surface area contributed by atoms with Crippen LogP contribution in [0.15, 0.2) is 0 Å². The predicted molar refractivity (Wildman–Crippen MR) is 276 cm³/mol. The van der Waals surface area contributed by atoms with Crippen LogP contribution in [0.5, 0.6) is 0 Å². The first kappa shape index (κ1) is 61.8. The van der Waals surface area contributed by atoms with Gasteiger partial charge in [-0.3, -0.25) is 19.2 Å². The molecule has 0 rings (SSSR count). The summed E-state index contributed by atoms with van der Waals surface area (Å²) in [5, 5.41) is 12.9. The van der Waals surface area contributed by atoms with Crippen LogP contribution in [0.4, 0.5) is 0 Å². The number of amides is 2. The van der Waals surface area contributed by atoms with Gasteiger partial charge in [-0.25, -0.2) is 0 Å². The van der Waals surface area contributed by atoms with Crippen LogP contribution in [0, 0.1) is 16.7 Å². The van der Waals surface area contributed by atoms with Crippen LogP contribution >= 0.6 is 0 Å². The molecule has 1 atom stereocenters. The number of rotatable bonds is 35. The molecular formula is C50H104N4O6Si3. The van der Waals surface area contributed by atoms with Crippen LogP contribution in [0.3, 0.4) is 0 Å². The maximum absolute atomic E-state index is 14.3. The van der Waals surface area contributed by atoms with Gasteiger partial charge in [0.25, 0.3) is 11.8 Å². The molecule has 10 nitrogen and oxygen atoms in total. The molecule has 0 aromatic heterocycles. The van der Waals surface area contributed by atoms with Crippen molar-refractivity contribution in [3.63, 3.8) is 0 Å². The average molecular weight is 942 g/mol. The van der Waals surface area contributed by atoms with Gasteiger partial charge >= 0.3 is 0 Å². The number of ketones is 2. The first-order chi connectivity index (χ1) is 28.8. The Balaban J connectivity index is 5.53. The van der Waals surface area contributed by atoms with Crippen LogP contribution in [-0.4, -0.2) is 95.8 Å². The van der Waals surface area contributed by atoms with E-state index >= 15 is 0 Å². The SMILES string of the molecule is CCC(C)(CC)NCCC[Si](C)(C)C(C)(C)O[Si](C)(C)C(C)(C)O[Si](C)(C)CCCNC(=O)C(=O)C(CC)(CC)C(CC)(CC)NCC(C)CCCNC(=O)C(=O)C(C)(CC)CC. The van der Waals surface area contributed by atoms with Crippen LogP contribution < -0.4 is 21.3 Å². The molecule has 0 radical (unpaired) electrons. The molecule has 0 spiro atoms. The normalized spacial score (nSPS) is 14.4. The second kappa shape index (κ2) is 25.8. The Labute approximate surface area is 392 Å². The number of hydrogen-bond acceptors (Lipinski definition) is 8. The highest BCUT2D eigenvalue weighted by molar-refractivity contribution is 6.82. The van der Waals surface area contributed by atoms with Gasteiger partial charge in [-0.05, 0) is 163 Å². The smallest absolute Gasteiger partial charge is 0.288 e. The summed E-state index contributed by atoms with van der Waals surface area (Å²) in [5.74, 6) is -1.40. The summed E-state index contributed by atoms with van der Waals surface area (Å²) >= 11 is 0. The fraction of sp³-hybridized carbons (Fsp3) is 0.920. The molecule has 1 unspecified atom stereocenters. The number of hydrogen-bond donors (Lipinski definition) is 4. The summed E-state index contributed by atoms with van der Waals surface area (Å²) in [6.45, 7) is 48.8. The molecule has 0 saturated carbocycles. The van der Waals surface area contributed by atoms with Gasteiger partial charge in [0.15, 0.2) is 8.32 Å². The summed E-state index contributed by atoms with van der Waals surface area (Å²) in [6.07, 6.45) is 9.59. The van der Waals surface area contributed by atoms with E-state index in [-0.39, 0.29) is 28.2 Å².